The summed E-state index contributed by atoms with van der Waals surface area (Å²) in [5.41, 5.74) is 1.15. The lowest BCUT2D eigenvalue weighted by Crippen LogP contribution is -2.50. The zero-order chi connectivity index (χ0) is 23.6. The van der Waals surface area contributed by atoms with Gasteiger partial charge in [0.1, 0.15) is 17.8 Å². The number of benzene rings is 1. The zero-order valence-corrected chi connectivity index (χ0v) is 20.7. The third-order valence-corrected chi connectivity index (χ3v) is 8.34. The van der Waals surface area contributed by atoms with Crippen molar-refractivity contribution in [3.05, 3.63) is 52.9 Å². The number of fused-ring (bicyclic) bond motifs is 1. The number of piperidine rings is 1. The standard InChI is InChI=1S/C23H26BrN5O3S/c1-16-7-11-29(12-8-16)23(30)20(9-13-28-10-3-4-17(28)14-25)27-33(31,32)21-6-2-5-19-22(21)18(24)15-26-19/h2-6,10,15-16,20,26-27H,7-9,11-13H2,1H3. The van der Waals surface area contributed by atoms with E-state index in [1.165, 1.54) is 6.07 Å². The minimum atomic E-state index is -4.00. The second kappa shape index (κ2) is 9.71. The van der Waals surface area contributed by atoms with Gasteiger partial charge in [-0.2, -0.15) is 9.98 Å². The first kappa shape index (κ1) is 23.5. The maximum atomic E-state index is 13.5. The van der Waals surface area contributed by atoms with Crippen molar-refractivity contribution in [2.75, 3.05) is 13.1 Å². The lowest BCUT2D eigenvalue weighted by Gasteiger charge is -2.33. The van der Waals surface area contributed by atoms with Crippen molar-refractivity contribution in [3.8, 4) is 6.07 Å². The molecule has 0 saturated carbocycles. The molecule has 3 heterocycles. The Morgan fingerprint density at radius 1 is 1.30 bits per heavy atom. The van der Waals surface area contributed by atoms with Gasteiger partial charge >= 0.3 is 0 Å². The molecule has 0 aliphatic carbocycles. The van der Waals surface area contributed by atoms with Crippen molar-refractivity contribution in [1.82, 2.24) is 19.2 Å². The highest BCUT2D eigenvalue weighted by molar-refractivity contribution is 9.10. The lowest BCUT2D eigenvalue weighted by atomic mass is 9.98. The van der Waals surface area contributed by atoms with Gasteiger partial charge in [0.05, 0.1) is 4.90 Å². The summed E-state index contributed by atoms with van der Waals surface area (Å²) in [4.78, 5) is 18.3. The van der Waals surface area contributed by atoms with Crippen molar-refractivity contribution < 1.29 is 13.2 Å². The summed E-state index contributed by atoms with van der Waals surface area (Å²) in [6.07, 6.45) is 5.48. The molecule has 3 aromatic rings. The molecule has 33 heavy (non-hydrogen) atoms. The van der Waals surface area contributed by atoms with Crippen molar-refractivity contribution in [2.45, 2.75) is 43.7 Å². The molecule has 1 atom stereocenters. The van der Waals surface area contributed by atoms with E-state index in [0.29, 0.717) is 46.6 Å². The number of carbonyl (C=O) groups is 1. The summed E-state index contributed by atoms with van der Waals surface area (Å²) < 4.78 is 32.0. The van der Waals surface area contributed by atoms with Gasteiger partial charge < -0.3 is 14.5 Å². The highest BCUT2D eigenvalue weighted by Crippen LogP contribution is 2.30. The van der Waals surface area contributed by atoms with E-state index in [9.17, 15) is 18.5 Å². The van der Waals surface area contributed by atoms with E-state index in [1.54, 1.807) is 46.1 Å². The molecular weight excluding hydrogens is 506 g/mol. The maximum absolute atomic E-state index is 13.5. The summed E-state index contributed by atoms with van der Waals surface area (Å²) in [5.74, 6) is 0.322. The van der Waals surface area contributed by atoms with E-state index < -0.39 is 16.1 Å². The van der Waals surface area contributed by atoms with Gasteiger partial charge in [0.15, 0.2) is 0 Å². The molecule has 1 amide bonds. The largest absolute Gasteiger partial charge is 0.360 e. The SMILES string of the molecule is CC1CCN(C(=O)C(CCn2cccc2C#N)NS(=O)(=O)c2cccc3[nH]cc(Br)c23)CC1. The molecule has 2 N–H and O–H groups in total. The van der Waals surface area contributed by atoms with Crippen molar-refractivity contribution >= 4 is 42.8 Å². The highest BCUT2D eigenvalue weighted by Gasteiger charge is 2.32. The van der Waals surface area contributed by atoms with Gasteiger partial charge in [-0.1, -0.05) is 13.0 Å². The highest BCUT2D eigenvalue weighted by atomic mass is 79.9. The Kier molecular flexibility index (Phi) is 6.93. The van der Waals surface area contributed by atoms with Gasteiger partial charge in [0, 0.05) is 47.4 Å². The van der Waals surface area contributed by atoms with Crippen LogP contribution in [-0.2, 0) is 21.4 Å². The molecule has 0 bridgehead atoms. The minimum Gasteiger partial charge on any atom is -0.360 e. The van der Waals surface area contributed by atoms with E-state index in [4.69, 9.17) is 0 Å². The Labute approximate surface area is 201 Å². The Morgan fingerprint density at radius 2 is 2.06 bits per heavy atom. The molecule has 1 aliphatic rings. The molecule has 0 radical (unpaired) electrons. The smallest absolute Gasteiger partial charge is 0.242 e. The van der Waals surface area contributed by atoms with Gasteiger partial charge in [-0.15, -0.1) is 0 Å². The van der Waals surface area contributed by atoms with E-state index in [-0.39, 0.29) is 17.2 Å². The number of nitrogens with zero attached hydrogens (tertiary/aromatic N) is 3. The fourth-order valence-electron chi connectivity index (χ4n) is 4.25. The van der Waals surface area contributed by atoms with Crippen LogP contribution in [-0.4, -0.2) is 47.9 Å². The summed E-state index contributed by atoms with van der Waals surface area (Å²) >= 11 is 3.41. The predicted molar refractivity (Wildman–Crippen MR) is 129 cm³/mol. The molecule has 1 aromatic carbocycles. The number of aromatic amines is 1. The van der Waals surface area contributed by atoms with Gasteiger partial charge in [-0.05, 0) is 65.4 Å². The quantitative estimate of drug-likeness (QED) is 0.485. The molecule has 1 saturated heterocycles. The molecule has 174 valence electrons. The van der Waals surface area contributed by atoms with Crippen molar-refractivity contribution in [3.63, 3.8) is 0 Å². The van der Waals surface area contributed by atoms with Crippen LogP contribution in [0, 0.1) is 17.2 Å². The monoisotopic (exact) mass is 531 g/mol. The molecule has 2 aromatic heterocycles. The molecule has 1 unspecified atom stereocenters. The van der Waals surface area contributed by atoms with Gasteiger partial charge in [0.25, 0.3) is 0 Å². The lowest BCUT2D eigenvalue weighted by molar-refractivity contribution is -0.134. The number of aryl methyl sites for hydroxylation is 1. The van der Waals surface area contributed by atoms with Crippen molar-refractivity contribution in [1.29, 1.82) is 5.26 Å². The Bertz CT molecular complexity index is 1300. The number of hydrogen-bond donors (Lipinski definition) is 2. The molecule has 8 nitrogen and oxygen atoms in total. The summed E-state index contributed by atoms with van der Waals surface area (Å²) in [6.45, 7) is 3.73. The Morgan fingerprint density at radius 3 is 2.79 bits per heavy atom. The van der Waals surface area contributed by atoms with Crippen LogP contribution in [0.25, 0.3) is 10.9 Å². The minimum absolute atomic E-state index is 0.108. The predicted octanol–water partition coefficient (Wildman–Crippen LogP) is 3.60. The Hall–Kier alpha value is -2.61. The molecule has 10 heteroatoms. The molecular formula is C23H26BrN5O3S. The van der Waals surface area contributed by atoms with Crippen LogP contribution in [0.3, 0.4) is 0 Å². The van der Waals surface area contributed by atoms with E-state index in [2.05, 4.69) is 38.6 Å². The third-order valence-electron chi connectivity index (χ3n) is 6.20. The summed E-state index contributed by atoms with van der Waals surface area (Å²) in [7, 11) is -4.00. The molecule has 4 rings (SSSR count). The van der Waals surface area contributed by atoms with Crippen LogP contribution >= 0.6 is 15.9 Å². The first-order valence-electron chi connectivity index (χ1n) is 10.9. The number of nitriles is 1. The van der Waals surface area contributed by atoms with Crippen LogP contribution in [0.2, 0.25) is 0 Å². The summed E-state index contributed by atoms with van der Waals surface area (Å²) in [6, 6.07) is 9.63. The first-order valence-corrected chi connectivity index (χ1v) is 13.2. The number of nitrogens with one attached hydrogen (secondary N) is 2. The average molecular weight is 532 g/mol. The van der Waals surface area contributed by atoms with E-state index >= 15 is 0 Å². The number of amides is 1. The topological polar surface area (TPSA) is 111 Å². The van der Waals surface area contributed by atoms with Gasteiger partial charge in [-0.25, -0.2) is 8.42 Å². The van der Waals surface area contributed by atoms with Gasteiger partial charge in [-0.3, -0.25) is 4.79 Å². The second-order valence-corrected chi connectivity index (χ2v) is 11.0. The molecule has 0 spiro atoms. The normalized spacial score (nSPS) is 16.1. The van der Waals surface area contributed by atoms with Gasteiger partial charge in [0.2, 0.25) is 15.9 Å². The number of likely N-dealkylation sites (tertiary alicyclic amines) is 1. The molecule has 1 fully saturated rings. The molecule has 1 aliphatic heterocycles. The summed E-state index contributed by atoms with van der Waals surface area (Å²) in [5, 5.41) is 9.83. The fourth-order valence-corrected chi connectivity index (χ4v) is 6.39. The number of halogens is 1. The van der Waals surface area contributed by atoms with Crippen LogP contribution in [0.4, 0.5) is 0 Å². The van der Waals surface area contributed by atoms with Crippen LogP contribution in [0.1, 0.15) is 31.9 Å². The number of carbonyl (C=O) groups excluding carboxylic acids is 1. The van der Waals surface area contributed by atoms with Crippen molar-refractivity contribution in [2.24, 2.45) is 5.92 Å². The number of hydrogen-bond acceptors (Lipinski definition) is 4. The maximum Gasteiger partial charge on any atom is 0.242 e. The zero-order valence-electron chi connectivity index (χ0n) is 18.3. The first-order chi connectivity index (χ1) is 15.8. The van der Waals surface area contributed by atoms with E-state index in [0.717, 1.165) is 12.8 Å². The van der Waals surface area contributed by atoms with Crippen LogP contribution in [0.15, 0.2) is 52.1 Å². The fraction of sp³-hybridized carbons (Fsp3) is 0.391. The average Bonchev–Trinajstić information content (AvgIpc) is 3.42. The van der Waals surface area contributed by atoms with E-state index in [1.807, 2.05) is 0 Å². The number of rotatable bonds is 7. The van der Waals surface area contributed by atoms with Crippen LogP contribution < -0.4 is 4.72 Å². The number of aromatic nitrogens is 2. The Balaban J connectivity index is 1.62. The number of sulfonamides is 1. The third kappa shape index (κ3) is 5.00. The number of H-pyrrole nitrogens is 1. The van der Waals surface area contributed by atoms with Crippen LogP contribution in [0.5, 0.6) is 0 Å². The second-order valence-electron chi connectivity index (χ2n) is 8.48.